The molecule has 2 aromatic heterocycles. The maximum atomic E-state index is 12.7. The van der Waals surface area contributed by atoms with Gasteiger partial charge in [-0.3, -0.25) is 14.2 Å². The summed E-state index contributed by atoms with van der Waals surface area (Å²) in [7, 11) is 0. The van der Waals surface area contributed by atoms with Crippen LogP contribution in [0.25, 0.3) is 20.7 Å². The molecule has 6 heteroatoms. The Labute approximate surface area is 136 Å². The molecule has 0 fully saturated rings. The molecule has 5 nitrogen and oxygen atoms in total. The molecular formula is C17H16N2O3S. The molecule has 1 aromatic carbocycles. The quantitative estimate of drug-likeness (QED) is 0.797. The van der Waals surface area contributed by atoms with Crippen LogP contribution in [0.3, 0.4) is 0 Å². The average Bonchev–Trinajstić information content (AvgIpc) is 2.94. The highest BCUT2D eigenvalue weighted by Gasteiger charge is 2.18. The minimum absolute atomic E-state index is 0.0336. The number of fused-ring (bicyclic) bond motifs is 1. The van der Waals surface area contributed by atoms with Gasteiger partial charge in [0.15, 0.2) is 0 Å². The number of hydrogen-bond acceptors (Lipinski definition) is 4. The van der Waals surface area contributed by atoms with E-state index < -0.39 is 5.97 Å². The molecule has 0 spiro atoms. The zero-order chi connectivity index (χ0) is 16.6. The standard InChI is InChI=1S/C17H16N2O3S/c1-10(2)15-18-16-12(17(22)19(15)9-14(20)21)8-13(23-16)11-6-4-3-5-7-11/h3-8,10H,9H2,1-2H3,(H,20,21). The molecule has 0 saturated carbocycles. The van der Waals surface area contributed by atoms with E-state index >= 15 is 0 Å². The van der Waals surface area contributed by atoms with Crippen LogP contribution in [0.4, 0.5) is 0 Å². The number of benzene rings is 1. The van der Waals surface area contributed by atoms with Gasteiger partial charge in [0, 0.05) is 10.8 Å². The van der Waals surface area contributed by atoms with E-state index in [0.29, 0.717) is 16.0 Å². The summed E-state index contributed by atoms with van der Waals surface area (Å²) < 4.78 is 1.26. The third kappa shape index (κ3) is 2.90. The van der Waals surface area contributed by atoms with Crippen LogP contribution in [0.2, 0.25) is 0 Å². The maximum Gasteiger partial charge on any atom is 0.323 e. The molecule has 0 amide bonds. The second kappa shape index (κ2) is 5.96. The molecule has 23 heavy (non-hydrogen) atoms. The van der Waals surface area contributed by atoms with Gasteiger partial charge in [0.25, 0.3) is 5.56 Å². The lowest BCUT2D eigenvalue weighted by Crippen LogP contribution is -2.28. The number of thiophene rings is 1. The molecule has 0 radical (unpaired) electrons. The van der Waals surface area contributed by atoms with Crippen LogP contribution in [0.15, 0.2) is 41.2 Å². The van der Waals surface area contributed by atoms with Gasteiger partial charge in [-0.15, -0.1) is 11.3 Å². The summed E-state index contributed by atoms with van der Waals surface area (Å²) in [6.07, 6.45) is 0. The zero-order valence-electron chi connectivity index (χ0n) is 12.8. The minimum atomic E-state index is -1.05. The van der Waals surface area contributed by atoms with E-state index in [0.717, 1.165) is 10.4 Å². The van der Waals surface area contributed by atoms with Crippen LogP contribution in [0, 0.1) is 0 Å². The average molecular weight is 328 g/mol. The van der Waals surface area contributed by atoms with Crippen molar-refractivity contribution in [3.63, 3.8) is 0 Å². The normalized spacial score (nSPS) is 11.3. The molecule has 0 aliphatic carbocycles. The summed E-state index contributed by atoms with van der Waals surface area (Å²) in [6, 6.07) is 11.6. The molecule has 0 bridgehead atoms. The van der Waals surface area contributed by atoms with E-state index in [-0.39, 0.29) is 18.0 Å². The highest BCUT2D eigenvalue weighted by atomic mass is 32.1. The topological polar surface area (TPSA) is 72.2 Å². The molecule has 2 heterocycles. The Morgan fingerprint density at radius 1 is 1.30 bits per heavy atom. The van der Waals surface area contributed by atoms with Crippen molar-refractivity contribution in [2.45, 2.75) is 26.3 Å². The Morgan fingerprint density at radius 2 is 2.00 bits per heavy atom. The zero-order valence-corrected chi connectivity index (χ0v) is 13.6. The third-order valence-electron chi connectivity index (χ3n) is 3.55. The second-order valence-electron chi connectivity index (χ2n) is 5.61. The first kappa shape index (κ1) is 15.4. The second-order valence-corrected chi connectivity index (χ2v) is 6.64. The molecule has 0 unspecified atom stereocenters. The molecule has 3 aromatic rings. The molecule has 0 aliphatic rings. The van der Waals surface area contributed by atoms with Crippen molar-refractivity contribution in [1.29, 1.82) is 0 Å². The number of carboxylic acids is 1. The van der Waals surface area contributed by atoms with Gasteiger partial charge in [0.2, 0.25) is 0 Å². The van der Waals surface area contributed by atoms with E-state index in [9.17, 15) is 9.59 Å². The molecule has 0 saturated heterocycles. The van der Waals surface area contributed by atoms with Crippen molar-refractivity contribution in [2.24, 2.45) is 0 Å². The molecule has 0 atom stereocenters. The number of aliphatic carboxylic acids is 1. The summed E-state index contributed by atoms with van der Waals surface area (Å²) in [6.45, 7) is 3.43. The van der Waals surface area contributed by atoms with Gasteiger partial charge in [-0.2, -0.15) is 0 Å². The van der Waals surface area contributed by atoms with Crippen molar-refractivity contribution >= 4 is 27.5 Å². The number of rotatable bonds is 4. The van der Waals surface area contributed by atoms with Crippen LogP contribution in [-0.4, -0.2) is 20.6 Å². The largest absolute Gasteiger partial charge is 0.480 e. The number of hydrogen-bond donors (Lipinski definition) is 1. The van der Waals surface area contributed by atoms with Gasteiger partial charge in [-0.25, -0.2) is 4.98 Å². The summed E-state index contributed by atoms with van der Waals surface area (Å²) in [5.74, 6) is -0.575. The van der Waals surface area contributed by atoms with E-state index in [1.54, 1.807) is 6.07 Å². The fourth-order valence-corrected chi connectivity index (χ4v) is 3.54. The van der Waals surface area contributed by atoms with E-state index in [4.69, 9.17) is 5.11 Å². The molecule has 0 aliphatic heterocycles. The Bertz CT molecular complexity index is 926. The van der Waals surface area contributed by atoms with Crippen molar-refractivity contribution < 1.29 is 9.90 Å². The predicted octanol–water partition coefficient (Wildman–Crippen LogP) is 3.33. The molecule has 3 rings (SSSR count). The Balaban J connectivity index is 2.25. The summed E-state index contributed by atoms with van der Waals surface area (Å²) in [5, 5.41) is 9.54. The van der Waals surface area contributed by atoms with Gasteiger partial charge < -0.3 is 5.11 Å². The maximum absolute atomic E-state index is 12.7. The Morgan fingerprint density at radius 3 is 2.61 bits per heavy atom. The molecule has 118 valence electrons. The van der Waals surface area contributed by atoms with Gasteiger partial charge >= 0.3 is 5.97 Å². The Hall–Kier alpha value is -2.47. The fourth-order valence-electron chi connectivity index (χ4n) is 2.51. The number of carboxylic acid groups (broad SMARTS) is 1. The third-order valence-corrected chi connectivity index (χ3v) is 4.63. The predicted molar refractivity (Wildman–Crippen MR) is 91.0 cm³/mol. The SMILES string of the molecule is CC(C)c1nc2sc(-c3ccccc3)cc2c(=O)n1CC(=O)O. The van der Waals surface area contributed by atoms with Crippen molar-refractivity contribution in [3.05, 3.63) is 52.6 Å². The van der Waals surface area contributed by atoms with Crippen molar-refractivity contribution in [3.8, 4) is 10.4 Å². The summed E-state index contributed by atoms with van der Waals surface area (Å²) in [4.78, 5) is 29.9. The van der Waals surface area contributed by atoms with Crippen LogP contribution < -0.4 is 5.56 Å². The van der Waals surface area contributed by atoms with E-state index in [1.165, 1.54) is 15.9 Å². The van der Waals surface area contributed by atoms with Gasteiger partial charge in [-0.05, 0) is 11.6 Å². The van der Waals surface area contributed by atoms with E-state index in [1.807, 2.05) is 44.2 Å². The number of nitrogens with zero attached hydrogens (tertiary/aromatic N) is 2. The highest BCUT2D eigenvalue weighted by molar-refractivity contribution is 7.21. The van der Waals surface area contributed by atoms with Crippen LogP contribution in [-0.2, 0) is 11.3 Å². The lowest BCUT2D eigenvalue weighted by molar-refractivity contribution is -0.137. The first-order valence-electron chi connectivity index (χ1n) is 7.29. The monoisotopic (exact) mass is 328 g/mol. The van der Waals surface area contributed by atoms with Crippen LogP contribution >= 0.6 is 11.3 Å². The number of aromatic nitrogens is 2. The molecular weight excluding hydrogens is 312 g/mol. The lowest BCUT2D eigenvalue weighted by Gasteiger charge is -2.12. The first-order valence-corrected chi connectivity index (χ1v) is 8.10. The Kier molecular flexibility index (Phi) is 4.00. The van der Waals surface area contributed by atoms with E-state index in [2.05, 4.69) is 4.98 Å². The summed E-state index contributed by atoms with van der Waals surface area (Å²) >= 11 is 1.45. The van der Waals surface area contributed by atoms with Crippen molar-refractivity contribution in [2.75, 3.05) is 0 Å². The van der Waals surface area contributed by atoms with Crippen molar-refractivity contribution in [1.82, 2.24) is 9.55 Å². The van der Waals surface area contributed by atoms with Gasteiger partial charge in [0.05, 0.1) is 5.39 Å². The minimum Gasteiger partial charge on any atom is -0.480 e. The van der Waals surface area contributed by atoms with Gasteiger partial charge in [-0.1, -0.05) is 44.2 Å². The smallest absolute Gasteiger partial charge is 0.323 e. The van der Waals surface area contributed by atoms with Crippen LogP contribution in [0.5, 0.6) is 0 Å². The van der Waals surface area contributed by atoms with Crippen LogP contribution in [0.1, 0.15) is 25.6 Å². The summed E-state index contributed by atoms with van der Waals surface area (Å²) in [5.41, 5.74) is 0.727. The number of carbonyl (C=O) groups is 1. The van der Waals surface area contributed by atoms with Gasteiger partial charge in [0.1, 0.15) is 17.2 Å². The molecule has 1 N–H and O–H groups in total. The highest BCUT2D eigenvalue weighted by Crippen LogP contribution is 2.31. The fraction of sp³-hybridized carbons (Fsp3) is 0.235. The first-order chi connectivity index (χ1) is 11.0. The lowest BCUT2D eigenvalue weighted by atomic mass is 10.1.